The second-order valence-electron chi connectivity index (χ2n) is 5.59. The number of benzene rings is 1. The first kappa shape index (κ1) is 21.3. The number of allylic oxidation sites excluding steroid dienone is 3. The summed E-state index contributed by atoms with van der Waals surface area (Å²) in [6.45, 7) is 1.82. The fourth-order valence-corrected chi connectivity index (χ4v) is 3.44. The molecule has 11 heteroatoms. The molecule has 0 atom stereocenters. The Bertz CT molecular complexity index is 992. The molecule has 0 saturated carbocycles. The first-order valence-electron chi connectivity index (χ1n) is 7.93. The highest BCUT2D eigenvalue weighted by molar-refractivity contribution is 7.90. The summed E-state index contributed by atoms with van der Waals surface area (Å²) in [7, 11) is -1.69. The standard InChI is InChI=1S/C17H18N2O8S/c1-11-8-14(20)13(10-16(11)26-3)18-28(23,24)17-9-12(19(21)22)4-5-15(17)27-7-6-25-2/h4-5,8-10H,6-7H2,1-3H3. The van der Waals surface area contributed by atoms with Crippen LogP contribution in [0.4, 0.5) is 5.69 Å². The predicted molar refractivity (Wildman–Crippen MR) is 98.9 cm³/mol. The number of ether oxygens (including phenoxy) is 3. The van der Waals surface area contributed by atoms with Crippen LogP contribution in [0.15, 0.2) is 51.0 Å². The van der Waals surface area contributed by atoms with Gasteiger partial charge in [0.1, 0.15) is 28.7 Å². The van der Waals surface area contributed by atoms with Gasteiger partial charge in [0, 0.05) is 25.3 Å². The number of sulfonamides is 1. The summed E-state index contributed by atoms with van der Waals surface area (Å²) in [5, 5.41) is 11.0. The van der Waals surface area contributed by atoms with E-state index in [2.05, 4.69) is 4.40 Å². The maximum Gasteiger partial charge on any atom is 0.286 e. The van der Waals surface area contributed by atoms with Crippen molar-refractivity contribution < 1.29 is 32.3 Å². The first-order valence-corrected chi connectivity index (χ1v) is 9.37. The molecule has 1 aromatic carbocycles. The van der Waals surface area contributed by atoms with Crippen LogP contribution in [0.2, 0.25) is 0 Å². The molecule has 0 unspecified atom stereocenters. The lowest BCUT2D eigenvalue weighted by molar-refractivity contribution is -0.385. The van der Waals surface area contributed by atoms with E-state index in [1.54, 1.807) is 6.92 Å². The number of non-ortho nitro benzene ring substituents is 1. The SMILES string of the molecule is COCCOc1ccc([N+](=O)[O-])cc1S(=O)(=O)N=C1C=C(OC)C(C)=CC1=O. The number of carbonyl (C=O) groups is 1. The molecule has 2 rings (SSSR count). The fraction of sp³-hybridized carbons (Fsp3) is 0.294. The number of nitrogens with zero attached hydrogens (tertiary/aromatic N) is 2. The van der Waals surface area contributed by atoms with Gasteiger partial charge in [0.25, 0.3) is 15.7 Å². The van der Waals surface area contributed by atoms with Gasteiger partial charge in [-0.15, -0.1) is 0 Å². The minimum Gasteiger partial charge on any atom is -0.496 e. The summed E-state index contributed by atoms with van der Waals surface area (Å²) in [5.41, 5.74) is -0.323. The lowest BCUT2D eigenvalue weighted by atomic mass is 10.0. The van der Waals surface area contributed by atoms with Gasteiger partial charge in [-0.25, -0.2) is 0 Å². The molecule has 0 spiro atoms. The van der Waals surface area contributed by atoms with E-state index < -0.39 is 31.3 Å². The molecule has 0 aliphatic heterocycles. The third-order valence-electron chi connectivity index (χ3n) is 3.66. The number of carbonyl (C=O) groups excluding carboxylic acids is 1. The summed E-state index contributed by atoms with van der Waals surface area (Å²) in [6.07, 6.45) is 2.38. The van der Waals surface area contributed by atoms with Crippen molar-refractivity contribution in [3.63, 3.8) is 0 Å². The van der Waals surface area contributed by atoms with Crippen LogP contribution in [-0.4, -0.2) is 52.3 Å². The molecule has 150 valence electrons. The van der Waals surface area contributed by atoms with E-state index in [0.29, 0.717) is 5.57 Å². The van der Waals surface area contributed by atoms with E-state index in [9.17, 15) is 23.3 Å². The van der Waals surface area contributed by atoms with Crippen molar-refractivity contribution in [1.29, 1.82) is 0 Å². The van der Waals surface area contributed by atoms with E-state index in [1.807, 2.05) is 0 Å². The monoisotopic (exact) mass is 410 g/mol. The molecule has 0 saturated heterocycles. The van der Waals surface area contributed by atoms with Crippen LogP contribution in [0.3, 0.4) is 0 Å². The summed E-state index contributed by atoms with van der Waals surface area (Å²) in [5.74, 6) is -0.490. The molecule has 0 bridgehead atoms. The molecule has 0 N–H and O–H groups in total. The van der Waals surface area contributed by atoms with E-state index >= 15 is 0 Å². The Morgan fingerprint density at radius 3 is 2.50 bits per heavy atom. The van der Waals surface area contributed by atoms with E-state index in [-0.39, 0.29) is 30.4 Å². The molecule has 10 nitrogen and oxygen atoms in total. The molecule has 0 aromatic heterocycles. The van der Waals surface area contributed by atoms with E-state index in [4.69, 9.17) is 14.2 Å². The molecule has 1 aliphatic rings. The number of hydrogen-bond acceptors (Lipinski definition) is 8. The summed E-state index contributed by atoms with van der Waals surface area (Å²) < 4.78 is 44.4. The smallest absolute Gasteiger partial charge is 0.286 e. The largest absolute Gasteiger partial charge is 0.496 e. The fourth-order valence-electron chi connectivity index (χ4n) is 2.29. The van der Waals surface area contributed by atoms with Gasteiger partial charge in [-0.1, -0.05) is 0 Å². The number of nitro groups is 1. The van der Waals surface area contributed by atoms with Gasteiger partial charge in [0.2, 0.25) is 5.78 Å². The molecule has 0 radical (unpaired) electrons. The van der Waals surface area contributed by atoms with Crippen molar-refractivity contribution in [2.24, 2.45) is 4.40 Å². The first-order chi connectivity index (χ1) is 13.2. The molecule has 0 amide bonds. The third-order valence-corrected chi connectivity index (χ3v) is 4.97. The average Bonchev–Trinajstić information content (AvgIpc) is 2.64. The van der Waals surface area contributed by atoms with Crippen LogP contribution < -0.4 is 4.74 Å². The molecule has 1 aromatic rings. The normalized spacial score (nSPS) is 15.8. The van der Waals surface area contributed by atoms with Crippen LogP contribution >= 0.6 is 0 Å². The van der Waals surface area contributed by atoms with Crippen molar-refractivity contribution in [3.05, 3.63) is 51.8 Å². The minimum absolute atomic E-state index is 0.0159. The van der Waals surface area contributed by atoms with Gasteiger partial charge < -0.3 is 14.2 Å². The van der Waals surface area contributed by atoms with Crippen molar-refractivity contribution in [1.82, 2.24) is 0 Å². The molecule has 0 heterocycles. The lowest BCUT2D eigenvalue weighted by Gasteiger charge is -2.13. The van der Waals surface area contributed by atoms with Crippen LogP contribution in [0, 0.1) is 10.1 Å². The van der Waals surface area contributed by atoms with Crippen LogP contribution in [0.5, 0.6) is 5.75 Å². The second kappa shape index (κ2) is 8.76. The number of hydrogen-bond donors (Lipinski definition) is 0. The van der Waals surface area contributed by atoms with Gasteiger partial charge in [-0.2, -0.15) is 12.8 Å². The zero-order valence-corrected chi connectivity index (χ0v) is 16.2. The Kier molecular flexibility index (Phi) is 6.65. The maximum absolute atomic E-state index is 12.8. The quantitative estimate of drug-likeness (QED) is 0.274. The third kappa shape index (κ3) is 4.81. The van der Waals surface area contributed by atoms with Crippen molar-refractivity contribution in [3.8, 4) is 5.75 Å². The lowest BCUT2D eigenvalue weighted by Crippen LogP contribution is -2.18. The van der Waals surface area contributed by atoms with Crippen molar-refractivity contribution in [2.45, 2.75) is 11.8 Å². The van der Waals surface area contributed by atoms with Crippen molar-refractivity contribution in [2.75, 3.05) is 27.4 Å². The molecule has 28 heavy (non-hydrogen) atoms. The van der Waals surface area contributed by atoms with Gasteiger partial charge in [0.05, 0.1) is 18.6 Å². The van der Waals surface area contributed by atoms with Crippen LogP contribution in [0.1, 0.15) is 6.92 Å². The maximum atomic E-state index is 12.8. The predicted octanol–water partition coefficient (Wildman–Crippen LogP) is 1.81. The van der Waals surface area contributed by atoms with Gasteiger partial charge in [-0.3, -0.25) is 14.9 Å². The summed E-state index contributed by atoms with van der Waals surface area (Å²) in [4.78, 5) is 21.9. The molecular formula is C17H18N2O8S. The Balaban J connectivity index is 2.54. The van der Waals surface area contributed by atoms with E-state index in [0.717, 1.165) is 18.2 Å². The minimum atomic E-state index is -4.50. The van der Waals surface area contributed by atoms with Crippen LogP contribution in [-0.2, 0) is 24.3 Å². The number of rotatable bonds is 8. The average molecular weight is 410 g/mol. The Morgan fingerprint density at radius 2 is 1.89 bits per heavy atom. The summed E-state index contributed by atoms with van der Waals surface area (Å²) in [6, 6.07) is 3.09. The molecule has 0 fully saturated rings. The summed E-state index contributed by atoms with van der Waals surface area (Å²) >= 11 is 0. The highest BCUT2D eigenvalue weighted by Crippen LogP contribution is 2.30. The number of nitro benzene ring substituents is 1. The van der Waals surface area contributed by atoms with E-state index in [1.165, 1.54) is 26.4 Å². The number of methoxy groups -OCH3 is 2. The van der Waals surface area contributed by atoms with Gasteiger partial charge in [-0.05, 0) is 24.6 Å². The van der Waals surface area contributed by atoms with Gasteiger partial charge in [0.15, 0.2) is 0 Å². The molecular weight excluding hydrogens is 392 g/mol. The number of ketones is 1. The zero-order valence-electron chi connectivity index (χ0n) is 15.4. The second-order valence-corrected chi connectivity index (χ2v) is 7.16. The Morgan fingerprint density at radius 1 is 1.18 bits per heavy atom. The zero-order chi connectivity index (χ0) is 20.9. The Labute approximate surface area is 161 Å². The topological polar surface area (TPSA) is 134 Å². The highest BCUT2D eigenvalue weighted by atomic mass is 32.2. The van der Waals surface area contributed by atoms with Crippen LogP contribution in [0.25, 0.3) is 0 Å². The van der Waals surface area contributed by atoms with Gasteiger partial charge >= 0.3 is 0 Å². The van der Waals surface area contributed by atoms with Crippen molar-refractivity contribution >= 4 is 27.2 Å². The Hall–Kier alpha value is -3.05. The molecule has 1 aliphatic carbocycles. The highest BCUT2D eigenvalue weighted by Gasteiger charge is 2.26.